The molecule has 1 unspecified atom stereocenters. The zero-order valence-corrected chi connectivity index (χ0v) is 11.3. The molecule has 1 aliphatic carbocycles. The number of aryl methyl sites for hydroxylation is 1. The van der Waals surface area contributed by atoms with Crippen LogP contribution in [0.25, 0.3) is 0 Å². The van der Waals surface area contributed by atoms with Crippen molar-refractivity contribution in [3.8, 4) is 5.75 Å². The summed E-state index contributed by atoms with van der Waals surface area (Å²) in [5.41, 5.74) is 1.30. The topological polar surface area (TPSA) is 29.5 Å². The van der Waals surface area contributed by atoms with Crippen molar-refractivity contribution in [3.05, 3.63) is 29.8 Å². The molecular weight excluding hydrogens is 224 g/mol. The Morgan fingerprint density at radius 3 is 2.83 bits per heavy atom. The predicted octanol–water partition coefficient (Wildman–Crippen LogP) is 3.57. The fourth-order valence-electron chi connectivity index (χ4n) is 2.73. The van der Waals surface area contributed by atoms with E-state index in [0.717, 1.165) is 18.6 Å². The van der Waals surface area contributed by atoms with Gasteiger partial charge in [0.1, 0.15) is 5.75 Å². The second kappa shape index (κ2) is 6.79. The summed E-state index contributed by atoms with van der Waals surface area (Å²) < 4.78 is 5.72. The molecule has 0 aliphatic heterocycles. The fourth-order valence-corrected chi connectivity index (χ4v) is 2.73. The van der Waals surface area contributed by atoms with Crippen LogP contribution < -0.4 is 4.74 Å². The van der Waals surface area contributed by atoms with E-state index in [4.69, 9.17) is 4.74 Å². The monoisotopic (exact) mass is 248 g/mol. The van der Waals surface area contributed by atoms with E-state index >= 15 is 0 Å². The highest BCUT2D eigenvalue weighted by Crippen LogP contribution is 2.29. The highest BCUT2D eigenvalue weighted by Gasteiger charge is 2.22. The zero-order valence-electron chi connectivity index (χ0n) is 11.3. The first-order chi connectivity index (χ1) is 8.79. The van der Waals surface area contributed by atoms with Crippen LogP contribution in [0.1, 0.15) is 44.6 Å². The van der Waals surface area contributed by atoms with Crippen molar-refractivity contribution >= 4 is 0 Å². The highest BCUT2D eigenvalue weighted by molar-refractivity contribution is 5.28. The Labute approximate surface area is 110 Å². The smallest absolute Gasteiger partial charge is 0.119 e. The van der Waals surface area contributed by atoms with Crippen molar-refractivity contribution in [2.24, 2.45) is 5.92 Å². The van der Waals surface area contributed by atoms with Gasteiger partial charge in [-0.05, 0) is 42.9 Å². The normalized spacial score (nSPS) is 17.9. The lowest BCUT2D eigenvalue weighted by Gasteiger charge is -2.17. The lowest BCUT2D eigenvalue weighted by Crippen LogP contribution is -2.20. The summed E-state index contributed by atoms with van der Waals surface area (Å²) in [6.45, 7) is 2.76. The zero-order chi connectivity index (χ0) is 12.8. The molecule has 1 saturated carbocycles. The van der Waals surface area contributed by atoms with Gasteiger partial charge in [-0.1, -0.05) is 31.9 Å². The Morgan fingerprint density at radius 2 is 2.11 bits per heavy atom. The van der Waals surface area contributed by atoms with E-state index in [9.17, 15) is 5.11 Å². The number of benzene rings is 1. The molecule has 0 amide bonds. The van der Waals surface area contributed by atoms with Crippen LogP contribution in [0.15, 0.2) is 24.3 Å². The van der Waals surface area contributed by atoms with Crippen LogP contribution in [-0.4, -0.2) is 17.8 Å². The Balaban J connectivity index is 1.73. The van der Waals surface area contributed by atoms with Crippen LogP contribution in [0, 0.1) is 5.92 Å². The Hall–Kier alpha value is -1.02. The van der Waals surface area contributed by atoms with Crippen molar-refractivity contribution in [1.29, 1.82) is 0 Å². The number of aliphatic hydroxyl groups is 1. The van der Waals surface area contributed by atoms with E-state index < -0.39 is 0 Å². The largest absolute Gasteiger partial charge is 0.493 e. The molecule has 1 aromatic rings. The molecule has 0 heterocycles. The van der Waals surface area contributed by atoms with Crippen LogP contribution in [0.2, 0.25) is 0 Å². The molecule has 1 aromatic carbocycles. The van der Waals surface area contributed by atoms with Crippen LogP contribution in [-0.2, 0) is 6.42 Å². The molecule has 1 atom stereocenters. The van der Waals surface area contributed by atoms with Gasteiger partial charge in [-0.15, -0.1) is 0 Å². The molecule has 100 valence electrons. The molecule has 1 aliphatic rings. The summed E-state index contributed by atoms with van der Waals surface area (Å²) in [5.74, 6) is 1.43. The Bertz CT molecular complexity index is 356. The van der Waals surface area contributed by atoms with Gasteiger partial charge in [0.2, 0.25) is 0 Å². The second-order valence-corrected chi connectivity index (χ2v) is 5.25. The fraction of sp³-hybridized carbons (Fsp3) is 0.625. The maximum absolute atomic E-state index is 10.0. The molecule has 1 fully saturated rings. The molecule has 18 heavy (non-hydrogen) atoms. The predicted molar refractivity (Wildman–Crippen MR) is 73.9 cm³/mol. The summed E-state index contributed by atoms with van der Waals surface area (Å²) in [6, 6.07) is 8.21. The SMILES string of the molecule is CCc1cccc(OCCC(O)C2CCCC2)c1. The summed E-state index contributed by atoms with van der Waals surface area (Å²) in [4.78, 5) is 0. The first-order valence-electron chi connectivity index (χ1n) is 7.19. The molecule has 0 saturated heterocycles. The average Bonchev–Trinajstić information content (AvgIpc) is 2.93. The lowest BCUT2D eigenvalue weighted by atomic mass is 9.99. The average molecular weight is 248 g/mol. The van der Waals surface area contributed by atoms with Crippen LogP contribution >= 0.6 is 0 Å². The molecule has 2 rings (SSSR count). The van der Waals surface area contributed by atoms with Crippen molar-refractivity contribution in [3.63, 3.8) is 0 Å². The third kappa shape index (κ3) is 3.74. The minimum absolute atomic E-state index is 0.179. The van der Waals surface area contributed by atoms with Crippen LogP contribution in [0.3, 0.4) is 0 Å². The van der Waals surface area contributed by atoms with Crippen molar-refractivity contribution in [2.75, 3.05) is 6.61 Å². The van der Waals surface area contributed by atoms with Gasteiger partial charge in [0.25, 0.3) is 0 Å². The molecule has 0 aromatic heterocycles. The van der Waals surface area contributed by atoms with Crippen LogP contribution in [0.4, 0.5) is 0 Å². The molecular formula is C16H24O2. The van der Waals surface area contributed by atoms with Gasteiger partial charge in [0.15, 0.2) is 0 Å². The van der Waals surface area contributed by atoms with Gasteiger partial charge in [0, 0.05) is 6.42 Å². The van der Waals surface area contributed by atoms with Crippen molar-refractivity contribution in [2.45, 2.75) is 51.6 Å². The summed E-state index contributed by atoms with van der Waals surface area (Å²) in [5, 5.41) is 10.0. The summed E-state index contributed by atoms with van der Waals surface area (Å²) in [7, 11) is 0. The first kappa shape index (κ1) is 13.4. The molecule has 1 N–H and O–H groups in total. The van der Waals surface area contributed by atoms with Crippen LogP contribution in [0.5, 0.6) is 5.75 Å². The minimum atomic E-state index is -0.179. The molecule has 2 heteroatoms. The maximum Gasteiger partial charge on any atom is 0.119 e. The molecule has 0 radical (unpaired) electrons. The second-order valence-electron chi connectivity index (χ2n) is 5.25. The highest BCUT2D eigenvalue weighted by atomic mass is 16.5. The van der Waals surface area contributed by atoms with E-state index in [0.29, 0.717) is 12.5 Å². The molecule has 0 spiro atoms. The first-order valence-corrected chi connectivity index (χ1v) is 7.19. The van der Waals surface area contributed by atoms with E-state index in [1.807, 2.05) is 12.1 Å². The van der Waals surface area contributed by atoms with Gasteiger partial charge in [-0.3, -0.25) is 0 Å². The summed E-state index contributed by atoms with van der Waals surface area (Å²) in [6.07, 6.45) is 6.53. The van der Waals surface area contributed by atoms with E-state index in [1.54, 1.807) is 0 Å². The van der Waals surface area contributed by atoms with Gasteiger partial charge >= 0.3 is 0 Å². The Morgan fingerprint density at radius 1 is 1.33 bits per heavy atom. The van der Waals surface area contributed by atoms with E-state index in [1.165, 1.54) is 31.2 Å². The number of hydrogen-bond donors (Lipinski definition) is 1. The van der Waals surface area contributed by atoms with Gasteiger partial charge in [-0.25, -0.2) is 0 Å². The van der Waals surface area contributed by atoms with Crippen molar-refractivity contribution < 1.29 is 9.84 Å². The van der Waals surface area contributed by atoms with E-state index in [-0.39, 0.29) is 6.10 Å². The number of aliphatic hydroxyl groups excluding tert-OH is 1. The van der Waals surface area contributed by atoms with Gasteiger partial charge in [-0.2, -0.15) is 0 Å². The van der Waals surface area contributed by atoms with Crippen molar-refractivity contribution in [1.82, 2.24) is 0 Å². The lowest BCUT2D eigenvalue weighted by molar-refractivity contribution is 0.0853. The number of ether oxygens (including phenoxy) is 1. The van der Waals surface area contributed by atoms with Gasteiger partial charge < -0.3 is 9.84 Å². The molecule has 2 nitrogen and oxygen atoms in total. The minimum Gasteiger partial charge on any atom is -0.493 e. The Kier molecular flexibility index (Phi) is 5.06. The third-order valence-electron chi connectivity index (χ3n) is 3.93. The number of rotatable bonds is 6. The number of hydrogen-bond acceptors (Lipinski definition) is 2. The standard InChI is InChI=1S/C16H24O2/c1-2-13-6-5-9-15(12-13)18-11-10-16(17)14-7-3-4-8-14/h5-6,9,12,14,16-17H,2-4,7-8,10-11H2,1H3. The van der Waals surface area contributed by atoms with Gasteiger partial charge in [0.05, 0.1) is 12.7 Å². The summed E-state index contributed by atoms with van der Waals surface area (Å²) >= 11 is 0. The third-order valence-corrected chi connectivity index (χ3v) is 3.93. The van der Waals surface area contributed by atoms with E-state index in [2.05, 4.69) is 19.1 Å². The maximum atomic E-state index is 10.0. The quantitative estimate of drug-likeness (QED) is 0.834. The molecule has 0 bridgehead atoms.